The van der Waals surface area contributed by atoms with Crippen LogP contribution in [0, 0.1) is 13.8 Å². The summed E-state index contributed by atoms with van der Waals surface area (Å²) < 4.78 is 2.25. The van der Waals surface area contributed by atoms with E-state index in [0.717, 1.165) is 46.5 Å². The van der Waals surface area contributed by atoms with Gasteiger partial charge in [-0.05, 0) is 73.8 Å². The van der Waals surface area contributed by atoms with Crippen LogP contribution in [-0.4, -0.2) is 31.9 Å². The van der Waals surface area contributed by atoms with Crippen LogP contribution in [0.25, 0.3) is 16.7 Å². The molecule has 0 radical (unpaired) electrons. The van der Waals surface area contributed by atoms with Crippen molar-refractivity contribution >= 4 is 28.5 Å². The Hall–Kier alpha value is -3.05. The van der Waals surface area contributed by atoms with E-state index in [1.165, 1.54) is 0 Å². The topological polar surface area (TPSA) is 53.9 Å². The number of rotatable bonds is 7. The first-order valence-electron chi connectivity index (χ1n) is 10.7. The fraction of sp³-hybridized carbons (Fsp3) is 0.280. The maximum absolute atomic E-state index is 13.4. The van der Waals surface area contributed by atoms with Crippen molar-refractivity contribution in [1.29, 1.82) is 0 Å². The van der Waals surface area contributed by atoms with E-state index < -0.39 is 0 Å². The molecule has 0 saturated carbocycles. The number of amides is 1. The fourth-order valence-corrected chi connectivity index (χ4v) is 4.26. The lowest BCUT2D eigenvalue weighted by Gasteiger charge is -2.23. The van der Waals surface area contributed by atoms with Crippen molar-refractivity contribution in [2.45, 2.75) is 40.2 Å². The van der Waals surface area contributed by atoms with Crippen LogP contribution >= 0.6 is 11.6 Å². The molecule has 0 spiro atoms. The maximum atomic E-state index is 13.4. The smallest absolute Gasteiger partial charge is 0.254 e. The van der Waals surface area contributed by atoms with E-state index in [4.69, 9.17) is 11.6 Å². The highest BCUT2D eigenvalue weighted by atomic mass is 35.5. The Morgan fingerprint density at radius 3 is 2.65 bits per heavy atom. The molecule has 2 aromatic heterocycles. The van der Waals surface area contributed by atoms with Gasteiger partial charge in [-0.25, -0.2) is 4.98 Å². The number of carbonyl (C=O) groups excluding carboxylic acids is 1. The third kappa shape index (κ3) is 4.37. The van der Waals surface area contributed by atoms with Gasteiger partial charge in [-0.1, -0.05) is 31.5 Å². The van der Waals surface area contributed by atoms with Crippen LogP contribution in [0.1, 0.15) is 47.1 Å². The molecule has 0 saturated heterocycles. The molecule has 31 heavy (non-hydrogen) atoms. The van der Waals surface area contributed by atoms with Gasteiger partial charge in [0.2, 0.25) is 5.28 Å². The molecule has 5 nitrogen and oxygen atoms in total. The molecule has 6 heteroatoms. The average Bonchev–Trinajstić information content (AvgIpc) is 3.28. The summed E-state index contributed by atoms with van der Waals surface area (Å²) in [5.74, 6) is 0.0191. The molecule has 1 N–H and O–H groups in total. The summed E-state index contributed by atoms with van der Waals surface area (Å²) in [6.07, 6.45) is 1.99. The summed E-state index contributed by atoms with van der Waals surface area (Å²) in [7, 11) is 0. The number of H-pyrrole nitrogens is 1. The van der Waals surface area contributed by atoms with Crippen molar-refractivity contribution in [3.05, 3.63) is 82.4 Å². The van der Waals surface area contributed by atoms with Gasteiger partial charge < -0.3 is 14.5 Å². The van der Waals surface area contributed by atoms with Gasteiger partial charge in [0.1, 0.15) is 0 Å². The Morgan fingerprint density at radius 1 is 1.13 bits per heavy atom. The lowest BCUT2D eigenvalue weighted by molar-refractivity contribution is 0.0740. The second kappa shape index (κ2) is 8.98. The number of benzene rings is 2. The lowest BCUT2D eigenvalue weighted by Crippen LogP contribution is -2.31. The van der Waals surface area contributed by atoms with E-state index in [1.54, 1.807) is 0 Å². The summed E-state index contributed by atoms with van der Waals surface area (Å²) >= 11 is 5.97. The summed E-state index contributed by atoms with van der Waals surface area (Å²) in [4.78, 5) is 22.6. The Bertz CT molecular complexity index is 1210. The van der Waals surface area contributed by atoms with Gasteiger partial charge in [-0.2, -0.15) is 0 Å². The number of para-hydroxylation sites is 1. The lowest BCUT2D eigenvalue weighted by atomic mass is 10.1. The monoisotopic (exact) mass is 434 g/mol. The SMILES string of the molecule is CCCCN(Cc1cc(C)n(-c2ccccc2)c1C)C(=O)c1ccc2nc(Cl)[nH]c2c1. The van der Waals surface area contributed by atoms with Crippen LogP contribution in [0.5, 0.6) is 0 Å². The first-order chi connectivity index (χ1) is 15.0. The average molecular weight is 435 g/mol. The zero-order valence-corrected chi connectivity index (χ0v) is 18.9. The largest absolute Gasteiger partial charge is 0.334 e. The van der Waals surface area contributed by atoms with Crippen molar-refractivity contribution < 1.29 is 4.79 Å². The van der Waals surface area contributed by atoms with E-state index >= 15 is 0 Å². The molecule has 0 aliphatic carbocycles. The normalized spacial score (nSPS) is 11.2. The van der Waals surface area contributed by atoms with Gasteiger partial charge in [0.05, 0.1) is 11.0 Å². The van der Waals surface area contributed by atoms with Gasteiger partial charge in [-0.3, -0.25) is 4.79 Å². The Morgan fingerprint density at radius 2 is 1.90 bits per heavy atom. The molecular weight excluding hydrogens is 408 g/mol. The molecule has 0 aliphatic rings. The predicted molar refractivity (Wildman–Crippen MR) is 126 cm³/mol. The quantitative estimate of drug-likeness (QED) is 0.384. The predicted octanol–water partition coefficient (Wildman–Crippen LogP) is 6.07. The van der Waals surface area contributed by atoms with Crippen molar-refractivity contribution in [2.75, 3.05) is 6.54 Å². The molecule has 0 bridgehead atoms. The maximum Gasteiger partial charge on any atom is 0.254 e. The zero-order valence-electron chi connectivity index (χ0n) is 18.2. The Labute approximate surface area is 187 Å². The highest BCUT2D eigenvalue weighted by Gasteiger charge is 2.20. The minimum atomic E-state index is 0.0191. The van der Waals surface area contributed by atoms with Gasteiger partial charge in [-0.15, -0.1) is 0 Å². The van der Waals surface area contributed by atoms with E-state index in [-0.39, 0.29) is 5.91 Å². The number of unbranched alkanes of at least 4 members (excludes halogenated alkanes) is 1. The van der Waals surface area contributed by atoms with Gasteiger partial charge >= 0.3 is 0 Å². The minimum Gasteiger partial charge on any atom is -0.334 e. The molecule has 2 heterocycles. The standard InChI is InChI=1S/C25H27ClN4O/c1-4-5-13-29(24(31)19-11-12-22-23(15-19)28-25(26)27-22)16-20-14-17(2)30(18(20)3)21-9-7-6-8-10-21/h6-12,14-15H,4-5,13,16H2,1-3H3,(H,27,28). The fourth-order valence-electron chi connectivity index (χ4n) is 4.06. The number of hydrogen-bond acceptors (Lipinski definition) is 2. The summed E-state index contributed by atoms with van der Waals surface area (Å²) in [6.45, 7) is 7.66. The van der Waals surface area contributed by atoms with Crippen molar-refractivity contribution in [3.8, 4) is 5.69 Å². The van der Waals surface area contributed by atoms with Crippen LogP contribution < -0.4 is 0 Å². The molecule has 0 atom stereocenters. The molecule has 1 amide bonds. The van der Waals surface area contributed by atoms with E-state index in [1.807, 2.05) is 41.3 Å². The molecular formula is C25H27ClN4O. The van der Waals surface area contributed by atoms with E-state index in [2.05, 4.69) is 53.5 Å². The van der Waals surface area contributed by atoms with Crippen molar-refractivity contribution in [2.24, 2.45) is 0 Å². The van der Waals surface area contributed by atoms with Gasteiger partial charge in [0.15, 0.2) is 0 Å². The highest BCUT2D eigenvalue weighted by Crippen LogP contribution is 2.24. The van der Waals surface area contributed by atoms with E-state index in [9.17, 15) is 4.79 Å². The molecule has 4 aromatic rings. The third-order valence-corrected chi connectivity index (χ3v) is 5.86. The number of aromatic nitrogens is 3. The number of nitrogens with zero attached hydrogens (tertiary/aromatic N) is 3. The zero-order chi connectivity index (χ0) is 22.0. The molecule has 160 valence electrons. The number of aryl methyl sites for hydroxylation is 1. The van der Waals surface area contributed by atoms with Crippen LogP contribution in [0.2, 0.25) is 5.28 Å². The molecule has 2 aromatic carbocycles. The highest BCUT2D eigenvalue weighted by molar-refractivity contribution is 6.29. The number of hydrogen-bond donors (Lipinski definition) is 1. The van der Waals surface area contributed by atoms with Crippen LogP contribution in [0.4, 0.5) is 0 Å². The Kier molecular flexibility index (Phi) is 6.14. The number of carbonyl (C=O) groups is 1. The second-order valence-electron chi connectivity index (χ2n) is 7.91. The molecule has 0 unspecified atom stereocenters. The van der Waals surface area contributed by atoms with Gasteiger partial charge in [0, 0.05) is 35.7 Å². The first kappa shape index (κ1) is 21.2. The van der Waals surface area contributed by atoms with E-state index in [0.29, 0.717) is 23.9 Å². The summed E-state index contributed by atoms with van der Waals surface area (Å²) in [6, 6.07) is 18.0. The summed E-state index contributed by atoms with van der Waals surface area (Å²) in [5, 5.41) is 0.329. The van der Waals surface area contributed by atoms with Crippen LogP contribution in [-0.2, 0) is 6.54 Å². The number of imidazole rings is 1. The number of halogens is 1. The van der Waals surface area contributed by atoms with Gasteiger partial charge in [0.25, 0.3) is 5.91 Å². The third-order valence-electron chi connectivity index (χ3n) is 5.68. The number of fused-ring (bicyclic) bond motifs is 1. The number of nitrogens with one attached hydrogen (secondary N) is 1. The molecule has 4 rings (SSSR count). The van der Waals surface area contributed by atoms with Crippen LogP contribution in [0.15, 0.2) is 54.6 Å². The summed E-state index contributed by atoms with van der Waals surface area (Å²) in [5.41, 5.74) is 6.79. The minimum absolute atomic E-state index is 0.0191. The first-order valence-corrected chi connectivity index (χ1v) is 11.0. The molecule has 0 fully saturated rings. The molecule has 0 aliphatic heterocycles. The Balaban J connectivity index is 1.64. The van der Waals surface area contributed by atoms with Crippen molar-refractivity contribution in [3.63, 3.8) is 0 Å². The van der Waals surface area contributed by atoms with Crippen LogP contribution in [0.3, 0.4) is 0 Å². The second-order valence-corrected chi connectivity index (χ2v) is 8.27. The van der Waals surface area contributed by atoms with Crippen molar-refractivity contribution in [1.82, 2.24) is 19.4 Å². The number of aromatic amines is 1.